The van der Waals surface area contributed by atoms with Gasteiger partial charge in [-0.2, -0.15) is 0 Å². The van der Waals surface area contributed by atoms with Crippen LogP contribution in [-0.2, 0) is 29.1 Å². The lowest BCUT2D eigenvalue weighted by Crippen LogP contribution is -2.30. The largest absolute Gasteiger partial charge is 0.352 e. The van der Waals surface area contributed by atoms with Gasteiger partial charge in [0.25, 0.3) is 0 Å². The van der Waals surface area contributed by atoms with Crippen LogP contribution >= 0.6 is 22.7 Å². The lowest BCUT2D eigenvalue weighted by atomic mass is 10.1. The van der Waals surface area contributed by atoms with Crippen LogP contribution in [0.5, 0.6) is 0 Å². The highest BCUT2D eigenvalue weighted by Crippen LogP contribution is 2.22. The van der Waals surface area contributed by atoms with Crippen molar-refractivity contribution in [3.05, 3.63) is 68.1 Å². The first-order chi connectivity index (χ1) is 13.9. The van der Waals surface area contributed by atoms with E-state index in [0.29, 0.717) is 19.5 Å². The number of hydrogen-bond donors (Lipinski definition) is 1. The molecule has 8 heteroatoms. The molecule has 0 bridgehead atoms. The van der Waals surface area contributed by atoms with Crippen molar-refractivity contribution in [2.45, 2.75) is 39.3 Å². The first-order valence-electron chi connectivity index (χ1n) is 9.31. The van der Waals surface area contributed by atoms with Gasteiger partial charge in [0.1, 0.15) is 5.01 Å². The summed E-state index contributed by atoms with van der Waals surface area (Å²) in [6.45, 7) is 4.79. The molecule has 29 heavy (non-hydrogen) atoms. The van der Waals surface area contributed by atoms with Gasteiger partial charge in [0.2, 0.25) is 11.8 Å². The quantitative estimate of drug-likeness (QED) is 0.596. The zero-order valence-corrected chi connectivity index (χ0v) is 18.3. The SMILES string of the molecule is Cc1csc(C(C)C(=O)N(C)Cc2cccc(CNC(=O)Cc3cncs3)c2)n1. The molecule has 0 aliphatic carbocycles. The van der Waals surface area contributed by atoms with E-state index in [1.54, 1.807) is 16.6 Å². The number of aromatic nitrogens is 2. The average molecular weight is 429 g/mol. The summed E-state index contributed by atoms with van der Waals surface area (Å²) in [5.74, 6) is -0.241. The van der Waals surface area contributed by atoms with E-state index < -0.39 is 0 Å². The van der Waals surface area contributed by atoms with Crippen molar-refractivity contribution in [1.29, 1.82) is 0 Å². The number of hydrogen-bond acceptors (Lipinski definition) is 6. The zero-order valence-electron chi connectivity index (χ0n) is 16.7. The highest BCUT2D eigenvalue weighted by atomic mass is 32.1. The zero-order chi connectivity index (χ0) is 20.8. The van der Waals surface area contributed by atoms with Gasteiger partial charge in [-0.3, -0.25) is 14.6 Å². The summed E-state index contributed by atoms with van der Waals surface area (Å²) < 4.78 is 0. The van der Waals surface area contributed by atoms with E-state index in [-0.39, 0.29) is 17.7 Å². The van der Waals surface area contributed by atoms with Gasteiger partial charge in [-0.25, -0.2) is 4.98 Å². The maximum Gasteiger partial charge on any atom is 0.232 e. The summed E-state index contributed by atoms with van der Waals surface area (Å²) in [7, 11) is 1.81. The van der Waals surface area contributed by atoms with Crippen LogP contribution in [0.3, 0.4) is 0 Å². The first kappa shape index (κ1) is 21.1. The minimum Gasteiger partial charge on any atom is -0.352 e. The molecule has 3 rings (SSSR count). The number of benzene rings is 1. The van der Waals surface area contributed by atoms with E-state index in [2.05, 4.69) is 15.3 Å². The molecule has 0 saturated heterocycles. The van der Waals surface area contributed by atoms with Gasteiger partial charge in [-0.05, 0) is 25.0 Å². The molecule has 0 aliphatic rings. The molecule has 2 amide bonds. The second-order valence-electron chi connectivity index (χ2n) is 6.98. The fourth-order valence-electron chi connectivity index (χ4n) is 2.95. The second kappa shape index (κ2) is 9.76. The molecule has 6 nitrogen and oxygen atoms in total. The van der Waals surface area contributed by atoms with Crippen molar-refractivity contribution in [1.82, 2.24) is 20.2 Å². The Morgan fingerprint density at radius 2 is 2.03 bits per heavy atom. The maximum absolute atomic E-state index is 12.7. The Balaban J connectivity index is 1.54. The van der Waals surface area contributed by atoms with E-state index in [0.717, 1.165) is 26.7 Å². The molecule has 1 unspecified atom stereocenters. The van der Waals surface area contributed by atoms with Crippen LogP contribution in [0.25, 0.3) is 0 Å². The fraction of sp³-hybridized carbons (Fsp3) is 0.333. The van der Waals surface area contributed by atoms with Gasteiger partial charge in [0, 0.05) is 42.3 Å². The van der Waals surface area contributed by atoms with Crippen LogP contribution < -0.4 is 5.32 Å². The summed E-state index contributed by atoms with van der Waals surface area (Å²) in [5, 5.41) is 5.74. The number of rotatable bonds is 8. The second-order valence-corrected chi connectivity index (χ2v) is 8.84. The minimum atomic E-state index is -0.257. The van der Waals surface area contributed by atoms with Crippen LogP contribution in [0.15, 0.2) is 41.4 Å². The molecule has 0 saturated carbocycles. The van der Waals surface area contributed by atoms with Crippen LogP contribution in [0, 0.1) is 6.92 Å². The number of aryl methyl sites for hydroxylation is 1. The molecular weight excluding hydrogens is 404 g/mol. The highest BCUT2D eigenvalue weighted by molar-refractivity contribution is 7.10. The lowest BCUT2D eigenvalue weighted by molar-refractivity contribution is -0.131. The molecule has 0 spiro atoms. The predicted molar refractivity (Wildman–Crippen MR) is 116 cm³/mol. The fourth-order valence-corrected chi connectivity index (χ4v) is 4.39. The Morgan fingerprint density at radius 1 is 1.24 bits per heavy atom. The van der Waals surface area contributed by atoms with Crippen molar-refractivity contribution in [2.24, 2.45) is 0 Å². The summed E-state index contributed by atoms with van der Waals surface area (Å²) in [4.78, 5) is 35.9. The van der Waals surface area contributed by atoms with E-state index in [1.807, 2.05) is 50.5 Å². The summed E-state index contributed by atoms with van der Waals surface area (Å²) in [5.41, 5.74) is 4.69. The molecule has 2 aromatic heterocycles. The molecule has 1 N–H and O–H groups in total. The van der Waals surface area contributed by atoms with E-state index in [9.17, 15) is 9.59 Å². The number of carbonyl (C=O) groups excluding carboxylic acids is 2. The Hall–Kier alpha value is -2.58. The number of likely N-dealkylation sites (N-methyl/N-ethyl adjacent to an activating group) is 1. The molecule has 152 valence electrons. The smallest absolute Gasteiger partial charge is 0.232 e. The normalized spacial score (nSPS) is 11.8. The van der Waals surface area contributed by atoms with Crippen LogP contribution in [-0.4, -0.2) is 33.7 Å². The Bertz CT molecular complexity index is 969. The van der Waals surface area contributed by atoms with Gasteiger partial charge in [0.05, 0.1) is 17.8 Å². The van der Waals surface area contributed by atoms with Crippen LogP contribution in [0.2, 0.25) is 0 Å². The van der Waals surface area contributed by atoms with Crippen LogP contribution in [0.1, 0.15) is 39.5 Å². The molecule has 2 heterocycles. The molecule has 0 aliphatic heterocycles. The van der Waals surface area contributed by atoms with Crippen molar-refractivity contribution < 1.29 is 9.59 Å². The molecule has 1 aromatic carbocycles. The molecular formula is C21H24N4O2S2. The molecule has 0 fully saturated rings. The Kier molecular flexibility index (Phi) is 7.11. The van der Waals surface area contributed by atoms with Crippen molar-refractivity contribution in [3.8, 4) is 0 Å². The Labute approximate surface area is 178 Å². The van der Waals surface area contributed by atoms with E-state index in [4.69, 9.17) is 0 Å². The van der Waals surface area contributed by atoms with Gasteiger partial charge >= 0.3 is 0 Å². The average Bonchev–Trinajstić information content (AvgIpc) is 3.37. The van der Waals surface area contributed by atoms with Gasteiger partial charge in [-0.15, -0.1) is 22.7 Å². The van der Waals surface area contributed by atoms with Gasteiger partial charge < -0.3 is 10.2 Å². The molecule has 3 aromatic rings. The third kappa shape index (κ3) is 5.95. The van der Waals surface area contributed by atoms with Crippen molar-refractivity contribution >= 4 is 34.5 Å². The summed E-state index contributed by atoms with van der Waals surface area (Å²) >= 11 is 2.99. The monoisotopic (exact) mass is 428 g/mol. The number of nitrogens with one attached hydrogen (secondary N) is 1. The third-order valence-electron chi connectivity index (χ3n) is 4.47. The highest BCUT2D eigenvalue weighted by Gasteiger charge is 2.22. The first-order valence-corrected chi connectivity index (χ1v) is 11.1. The number of nitrogens with zero attached hydrogens (tertiary/aromatic N) is 3. The van der Waals surface area contributed by atoms with Crippen molar-refractivity contribution in [2.75, 3.05) is 7.05 Å². The molecule has 0 radical (unpaired) electrons. The molecule has 1 atom stereocenters. The van der Waals surface area contributed by atoms with E-state index >= 15 is 0 Å². The van der Waals surface area contributed by atoms with E-state index in [1.165, 1.54) is 22.7 Å². The van der Waals surface area contributed by atoms with Gasteiger partial charge in [-0.1, -0.05) is 24.3 Å². The third-order valence-corrected chi connectivity index (χ3v) is 6.40. The summed E-state index contributed by atoms with van der Waals surface area (Å²) in [6.07, 6.45) is 2.06. The topological polar surface area (TPSA) is 75.2 Å². The predicted octanol–water partition coefficient (Wildman–Crippen LogP) is 3.53. The van der Waals surface area contributed by atoms with Crippen molar-refractivity contribution in [3.63, 3.8) is 0 Å². The standard InChI is InChI=1S/C21H24N4O2S2/c1-14-12-28-20(24-14)15(2)21(27)25(3)11-17-6-4-5-16(7-17)9-23-19(26)8-18-10-22-13-29-18/h4-7,10,12-13,15H,8-9,11H2,1-3H3,(H,23,26). The number of thiazole rings is 2. The number of amides is 2. The van der Waals surface area contributed by atoms with Crippen LogP contribution in [0.4, 0.5) is 0 Å². The lowest BCUT2D eigenvalue weighted by Gasteiger charge is -2.21. The summed E-state index contributed by atoms with van der Waals surface area (Å²) in [6, 6.07) is 7.94. The maximum atomic E-state index is 12.7. The number of carbonyl (C=O) groups is 2. The van der Waals surface area contributed by atoms with Gasteiger partial charge in [0.15, 0.2) is 0 Å². The minimum absolute atomic E-state index is 0.0282. The Morgan fingerprint density at radius 3 is 2.72 bits per heavy atom.